The lowest BCUT2D eigenvalue weighted by molar-refractivity contribution is -0.160. The van der Waals surface area contributed by atoms with Gasteiger partial charge in [0.2, 0.25) is 0 Å². The third-order valence-electron chi connectivity index (χ3n) is 5.87. The van der Waals surface area contributed by atoms with Crippen molar-refractivity contribution in [2.45, 2.75) is 24.7 Å². The van der Waals surface area contributed by atoms with E-state index in [1.807, 2.05) is 6.92 Å². The third-order valence-corrected chi connectivity index (χ3v) is 7.67. The number of carbonyl (C=O) groups excluding carboxylic acids is 2. The van der Waals surface area contributed by atoms with Crippen molar-refractivity contribution in [1.29, 1.82) is 0 Å². The Morgan fingerprint density at radius 2 is 1.59 bits per heavy atom. The molecule has 170 valence electrons. The van der Waals surface area contributed by atoms with Crippen LogP contribution in [0.25, 0.3) is 0 Å². The molecule has 0 radical (unpaired) electrons. The van der Waals surface area contributed by atoms with Crippen LogP contribution in [0, 0.1) is 18.8 Å². The second-order valence-electron chi connectivity index (χ2n) is 7.91. The molecule has 0 aliphatic carbocycles. The Morgan fingerprint density at radius 1 is 1.03 bits per heavy atom. The van der Waals surface area contributed by atoms with Crippen LogP contribution < -0.4 is 4.31 Å². The summed E-state index contributed by atoms with van der Waals surface area (Å²) in [6.45, 7) is 7.70. The van der Waals surface area contributed by atoms with Crippen molar-refractivity contribution in [3.05, 3.63) is 71.8 Å². The highest BCUT2D eigenvalue weighted by Crippen LogP contribution is 2.47. The van der Waals surface area contributed by atoms with E-state index >= 15 is 0 Å². The quantitative estimate of drug-likeness (QED) is 0.375. The second kappa shape index (κ2) is 9.16. The molecule has 1 heterocycles. The summed E-state index contributed by atoms with van der Waals surface area (Å²) in [5.41, 5.74) is 2.55. The number of para-hydroxylation sites is 1. The Balaban J connectivity index is 2.22. The molecular formula is C24H27NO6S. The third kappa shape index (κ3) is 4.14. The maximum absolute atomic E-state index is 13.6. The first kappa shape index (κ1) is 23.5. The molecule has 2 aromatic carbocycles. The van der Waals surface area contributed by atoms with Crippen molar-refractivity contribution in [3.8, 4) is 0 Å². The topological polar surface area (TPSA) is 90.0 Å². The van der Waals surface area contributed by atoms with Gasteiger partial charge in [-0.15, -0.1) is 0 Å². The van der Waals surface area contributed by atoms with Crippen LogP contribution in [0.5, 0.6) is 0 Å². The van der Waals surface area contributed by atoms with Crippen LogP contribution in [0.1, 0.15) is 24.0 Å². The SMILES string of the molecule is C=C(C)[C@@H]1CN(S(=O)(=O)c2ccc(C)cc2)c2ccccc2[C@H]1C(C(=O)OC)C(=O)OC. The summed E-state index contributed by atoms with van der Waals surface area (Å²) in [7, 11) is -1.49. The molecule has 0 fully saturated rings. The summed E-state index contributed by atoms with van der Waals surface area (Å²) in [4.78, 5) is 25.4. The first-order valence-electron chi connectivity index (χ1n) is 10.1. The number of benzene rings is 2. The zero-order chi connectivity index (χ0) is 23.6. The monoisotopic (exact) mass is 457 g/mol. The van der Waals surface area contributed by atoms with Gasteiger partial charge in [0.25, 0.3) is 10.0 Å². The molecule has 0 bridgehead atoms. The zero-order valence-corrected chi connectivity index (χ0v) is 19.4. The maximum Gasteiger partial charge on any atom is 0.320 e. The van der Waals surface area contributed by atoms with E-state index in [1.165, 1.54) is 18.5 Å². The summed E-state index contributed by atoms with van der Waals surface area (Å²) in [5, 5.41) is 0. The highest BCUT2D eigenvalue weighted by molar-refractivity contribution is 7.92. The van der Waals surface area contributed by atoms with E-state index in [1.54, 1.807) is 55.5 Å². The molecule has 0 amide bonds. The second-order valence-corrected chi connectivity index (χ2v) is 9.77. The lowest BCUT2D eigenvalue weighted by Gasteiger charge is -2.42. The summed E-state index contributed by atoms with van der Waals surface area (Å²) >= 11 is 0. The van der Waals surface area contributed by atoms with Crippen molar-refractivity contribution < 1.29 is 27.5 Å². The van der Waals surface area contributed by atoms with Gasteiger partial charge >= 0.3 is 11.9 Å². The summed E-state index contributed by atoms with van der Waals surface area (Å²) in [6.07, 6.45) is 0. The minimum atomic E-state index is -3.90. The highest BCUT2D eigenvalue weighted by atomic mass is 32.2. The summed E-state index contributed by atoms with van der Waals surface area (Å²) in [5.74, 6) is -3.94. The van der Waals surface area contributed by atoms with Gasteiger partial charge in [0.1, 0.15) is 0 Å². The highest BCUT2D eigenvalue weighted by Gasteiger charge is 2.48. The van der Waals surface area contributed by atoms with Gasteiger partial charge in [0, 0.05) is 18.4 Å². The summed E-state index contributed by atoms with van der Waals surface area (Å²) in [6, 6.07) is 13.5. The van der Waals surface area contributed by atoms with E-state index < -0.39 is 39.7 Å². The number of sulfonamides is 1. The Hall–Kier alpha value is -3.13. The maximum atomic E-state index is 13.6. The van der Waals surface area contributed by atoms with E-state index in [4.69, 9.17) is 9.47 Å². The first-order valence-corrected chi connectivity index (χ1v) is 11.6. The zero-order valence-electron chi connectivity index (χ0n) is 18.6. The average Bonchev–Trinajstić information content (AvgIpc) is 2.78. The average molecular weight is 458 g/mol. The Kier molecular flexibility index (Phi) is 6.74. The Bertz CT molecular complexity index is 1120. The number of hydrogen-bond acceptors (Lipinski definition) is 6. The standard InChI is InChI=1S/C24H27NO6S/c1-15(2)19-14-25(32(28,29)17-12-10-16(3)11-13-17)20-9-7-6-8-18(20)21(19)22(23(26)30-4)24(27)31-5/h6-13,19,21-22H,1,14H2,2-5H3/t19-,21+/m0/s1. The van der Waals surface area contributed by atoms with Crippen LogP contribution in [-0.2, 0) is 29.1 Å². The van der Waals surface area contributed by atoms with Gasteiger partial charge in [-0.3, -0.25) is 13.9 Å². The van der Waals surface area contributed by atoms with Crippen molar-refractivity contribution in [2.24, 2.45) is 11.8 Å². The molecule has 0 spiro atoms. The van der Waals surface area contributed by atoms with Crippen LogP contribution in [0.2, 0.25) is 0 Å². The number of carbonyl (C=O) groups is 2. The lowest BCUT2D eigenvalue weighted by atomic mass is 9.71. The number of aryl methyl sites for hydroxylation is 1. The van der Waals surface area contributed by atoms with E-state index in [0.29, 0.717) is 16.8 Å². The normalized spacial score (nSPS) is 18.1. The smallest absolute Gasteiger partial charge is 0.320 e. The molecule has 8 heteroatoms. The predicted molar refractivity (Wildman–Crippen MR) is 121 cm³/mol. The number of rotatable bonds is 6. The van der Waals surface area contributed by atoms with Gasteiger partial charge in [-0.25, -0.2) is 8.42 Å². The van der Waals surface area contributed by atoms with Gasteiger partial charge in [-0.1, -0.05) is 48.0 Å². The number of esters is 2. The number of methoxy groups -OCH3 is 2. The van der Waals surface area contributed by atoms with Crippen molar-refractivity contribution in [3.63, 3.8) is 0 Å². The van der Waals surface area contributed by atoms with Crippen LogP contribution >= 0.6 is 0 Å². The van der Waals surface area contributed by atoms with E-state index in [9.17, 15) is 18.0 Å². The van der Waals surface area contributed by atoms with Crippen molar-refractivity contribution in [1.82, 2.24) is 0 Å². The van der Waals surface area contributed by atoms with Gasteiger partial charge in [0.05, 0.1) is 24.8 Å². The van der Waals surface area contributed by atoms with Gasteiger partial charge in [0.15, 0.2) is 5.92 Å². The van der Waals surface area contributed by atoms with Gasteiger partial charge < -0.3 is 9.47 Å². The van der Waals surface area contributed by atoms with Gasteiger partial charge in [-0.05, 0) is 37.6 Å². The molecule has 2 aromatic rings. The largest absolute Gasteiger partial charge is 0.468 e. The predicted octanol–water partition coefficient (Wildman–Crippen LogP) is 3.44. The number of ether oxygens (including phenoxy) is 2. The number of fused-ring (bicyclic) bond motifs is 1. The molecule has 1 aliphatic rings. The molecule has 7 nitrogen and oxygen atoms in total. The number of anilines is 1. The summed E-state index contributed by atoms with van der Waals surface area (Å²) < 4.78 is 38.3. The van der Waals surface area contributed by atoms with Crippen molar-refractivity contribution in [2.75, 3.05) is 25.1 Å². The minimum absolute atomic E-state index is 0.0255. The van der Waals surface area contributed by atoms with Crippen LogP contribution in [-0.4, -0.2) is 41.1 Å². The first-order chi connectivity index (χ1) is 15.1. The Morgan fingerprint density at radius 3 is 2.12 bits per heavy atom. The molecule has 0 N–H and O–H groups in total. The van der Waals surface area contributed by atoms with E-state index in [-0.39, 0.29) is 11.4 Å². The molecule has 0 saturated carbocycles. The van der Waals surface area contributed by atoms with Crippen LogP contribution in [0.3, 0.4) is 0 Å². The number of hydrogen-bond donors (Lipinski definition) is 0. The van der Waals surface area contributed by atoms with Crippen molar-refractivity contribution >= 4 is 27.6 Å². The van der Waals surface area contributed by atoms with E-state index in [0.717, 1.165) is 5.56 Å². The van der Waals surface area contributed by atoms with E-state index in [2.05, 4.69) is 6.58 Å². The molecule has 0 aromatic heterocycles. The molecule has 0 saturated heterocycles. The minimum Gasteiger partial charge on any atom is -0.468 e. The molecule has 0 unspecified atom stereocenters. The lowest BCUT2D eigenvalue weighted by Crippen LogP contribution is -2.46. The van der Waals surface area contributed by atoms with Crippen LogP contribution in [0.15, 0.2) is 65.6 Å². The fourth-order valence-corrected chi connectivity index (χ4v) is 5.70. The molecule has 2 atom stereocenters. The Labute approximate surface area is 188 Å². The fourth-order valence-electron chi connectivity index (χ4n) is 4.19. The molecular weight excluding hydrogens is 430 g/mol. The molecule has 1 aliphatic heterocycles. The molecule has 3 rings (SSSR count). The molecule has 32 heavy (non-hydrogen) atoms. The van der Waals surface area contributed by atoms with Crippen LogP contribution in [0.4, 0.5) is 5.69 Å². The number of nitrogens with zero attached hydrogens (tertiary/aromatic N) is 1. The fraction of sp³-hybridized carbons (Fsp3) is 0.333. The van der Waals surface area contributed by atoms with Gasteiger partial charge in [-0.2, -0.15) is 0 Å².